The second-order valence-corrected chi connectivity index (χ2v) is 6.75. The lowest BCUT2D eigenvalue weighted by molar-refractivity contribution is -0.151. The maximum atomic E-state index is 13.2. The van der Waals surface area contributed by atoms with Gasteiger partial charge in [0.1, 0.15) is 11.4 Å². The molecule has 2 aromatic rings. The Hall–Kier alpha value is -2.21. The van der Waals surface area contributed by atoms with E-state index in [4.69, 9.17) is 4.74 Å². The Morgan fingerprint density at radius 3 is 2.72 bits per heavy atom. The number of carbonyl (C=O) groups is 1. The summed E-state index contributed by atoms with van der Waals surface area (Å²) in [5.74, 6) is -0.494. The van der Waals surface area contributed by atoms with Gasteiger partial charge in [0.2, 0.25) is 5.91 Å². The maximum Gasteiger partial charge on any atom is 0.230 e. The topological polar surface area (TPSA) is 47.4 Å². The van der Waals surface area contributed by atoms with Crippen molar-refractivity contribution in [2.45, 2.75) is 31.8 Å². The molecule has 0 saturated carbocycles. The molecule has 0 aliphatic carbocycles. The second-order valence-electron chi connectivity index (χ2n) is 6.75. The third kappa shape index (κ3) is 3.58. The molecule has 0 unspecified atom stereocenters. The van der Waals surface area contributed by atoms with Crippen molar-refractivity contribution in [1.29, 1.82) is 0 Å². The minimum Gasteiger partial charge on any atom is -0.367 e. The lowest BCUT2D eigenvalue weighted by Crippen LogP contribution is -2.51. The van der Waals surface area contributed by atoms with E-state index in [-0.39, 0.29) is 17.6 Å². The molecule has 2 atom stereocenters. The van der Waals surface area contributed by atoms with E-state index < -0.39 is 5.60 Å². The Kier molecular flexibility index (Phi) is 4.90. The van der Waals surface area contributed by atoms with Crippen molar-refractivity contribution in [2.24, 2.45) is 7.05 Å². The molecular weight excluding hydrogens is 321 g/mol. The van der Waals surface area contributed by atoms with Crippen LogP contribution in [0.15, 0.2) is 36.7 Å². The van der Waals surface area contributed by atoms with Crippen LogP contribution in [0.1, 0.15) is 37.3 Å². The standard InChI is InChI=1S/C19H24FN3O2/c1-4-17(14-5-7-16(20)8-6-14)18(24)23-9-10-25-19(2,13-23)15-11-21-22(3)12-15/h5-8,11-12,17H,4,9-10,13H2,1-3H3/t17-,19-/m1/s1. The third-order valence-corrected chi connectivity index (χ3v) is 4.88. The first-order valence-corrected chi connectivity index (χ1v) is 8.60. The zero-order valence-electron chi connectivity index (χ0n) is 14.9. The number of hydrogen-bond donors (Lipinski definition) is 0. The van der Waals surface area contributed by atoms with Crippen molar-refractivity contribution in [1.82, 2.24) is 14.7 Å². The van der Waals surface area contributed by atoms with Gasteiger partial charge in [-0.25, -0.2) is 4.39 Å². The summed E-state index contributed by atoms with van der Waals surface area (Å²) in [7, 11) is 1.86. The minimum absolute atomic E-state index is 0.0625. The number of morpholine rings is 1. The van der Waals surface area contributed by atoms with Gasteiger partial charge in [-0.3, -0.25) is 9.48 Å². The summed E-state index contributed by atoms with van der Waals surface area (Å²) in [5, 5.41) is 4.21. The van der Waals surface area contributed by atoms with Crippen molar-refractivity contribution in [2.75, 3.05) is 19.7 Å². The number of nitrogens with zero attached hydrogens (tertiary/aromatic N) is 3. The van der Waals surface area contributed by atoms with Gasteiger partial charge in [0.15, 0.2) is 0 Å². The Balaban J connectivity index is 1.80. The fourth-order valence-corrected chi connectivity index (χ4v) is 3.40. The predicted molar refractivity (Wildman–Crippen MR) is 92.5 cm³/mol. The summed E-state index contributed by atoms with van der Waals surface area (Å²) >= 11 is 0. The second kappa shape index (κ2) is 6.96. The van der Waals surface area contributed by atoms with E-state index >= 15 is 0 Å². The third-order valence-electron chi connectivity index (χ3n) is 4.88. The van der Waals surface area contributed by atoms with Gasteiger partial charge in [0.05, 0.1) is 25.3 Å². The number of amides is 1. The van der Waals surface area contributed by atoms with Crippen LogP contribution in [0.4, 0.5) is 4.39 Å². The molecule has 0 N–H and O–H groups in total. The summed E-state index contributed by atoms with van der Waals surface area (Å²) < 4.78 is 20.9. The highest BCUT2D eigenvalue weighted by Gasteiger charge is 2.38. The van der Waals surface area contributed by atoms with Crippen LogP contribution in [0.3, 0.4) is 0 Å². The molecule has 2 heterocycles. The smallest absolute Gasteiger partial charge is 0.230 e. The van der Waals surface area contributed by atoms with Crippen LogP contribution < -0.4 is 0 Å². The molecule has 1 fully saturated rings. The number of ether oxygens (including phenoxy) is 1. The fraction of sp³-hybridized carbons (Fsp3) is 0.474. The molecule has 0 bridgehead atoms. The predicted octanol–water partition coefficient (Wildman–Crippen LogP) is 2.83. The van der Waals surface area contributed by atoms with Crippen molar-refractivity contribution < 1.29 is 13.9 Å². The Morgan fingerprint density at radius 1 is 1.40 bits per heavy atom. The molecule has 134 valence electrons. The number of rotatable bonds is 4. The molecule has 0 spiro atoms. The molecule has 25 heavy (non-hydrogen) atoms. The quantitative estimate of drug-likeness (QED) is 0.856. The van der Waals surface area contributed by atoms with E-state index in [0.29, 0.717) is 26.1 Å². The Labute approximate surface area is 147 Å². The summed E-state index contributed by atoms with van der Waals surface area (Å²) in [6.07, 6.45) is 4.38. The molecule has 1 aliphatic rings. The van der Waals surface area contributed by atoms with Crippen LogP contribution in [0.2, 0.25) is 0 Å². The molecule has 1 aromatic heterocycles. The molecule has 5 nitrogen and oxygen atoms in total. The molecule has 6 heteroatoms. The first kappa shape index (κ1) is 17.6. The molecule has 1 saturated heterocycles. The highest BCUT2D eigenvalue weighted by atomic mass is 19.1. The number of aromatic nitrogens is 2. The lowest BCUT2D eigenvalue weighted by Gasteiger charge is -2.41. The van der Waals surface area contributed by atoms with Gasteiger partial charge in [-0.05, 0) is 31.0 Å². The average Bonchev–Trinajstić information content (AvgIpc) is 3.04. The van der Waals surface area contributed by atoms with E-state index in [2.05, 4.69) is 5.10 Å². The molecule has 3 rings (SSSR count). The number of hydrogen-bond acceptors (Lipinski definition) is 3. The first-order valence-electron chi connectivity index (χ1n) is 8.60. The van der Waals surface area contributed by atoms with Gasteiger partial charge in [0.25, 0.3) is 0 Å². The Morgan fingerprint density at radius 2 is 2.12 bits per heavy atom. The van der Waals surface area contributed by atoms with Gasteiger partial charge >= 0.3 is 0 Å². The van der Waals surface area contributed by atoms with Crippen molar-refractivity contribution >= 4 is 5.91 Å². The normalized spacial score (nSPS) is 22.0. The average molecular weight is 345 g/mol. The van der Waals surface area contributed by atoms with Gasteiger partial charge < -0.3 is 9.64 Å². The number of halogens is 1. The van der Waals surface area contributed by atoms with E-state index in [1.54, 1.807) is 23.0 Å². The monoisotopic (exact) mass is 345 g/mol. The zero-order chi connectivity index (χ0) is 18.0. The van der Waals surface area contributed by atoms with Crippen LogP contribution in [-0.2, 0) is 22.2 Å². The van der Waals surface area contributed by atoms with Crippen LogP contribution >= 0.6 is 0 Å². The van der Waals surface area contributed by atoms with Crippen LogP contribution in [0, 0.1) is 5.82 Å². The van der Waals surface area contributed by atoms with Crippen LogP contribution in [-0.4, -0.2) is 40.3 Å². The molecule has 1 amide bonds. The number of carbonyl (C=O) groups excluding carboxylic acids is 1. The van der Waals surface area contributed by atoms with Crippen LogP contribution in [0.5, 0.6) is 0 Å². The van der Waals surface area contributed by atoms with Crippen molar-refractivity contribution in [3.63, 3.8) is 0 Å². The summed E-state index contributed by atoms with van der Waals surface area (Å²) in [6, 6.07) is 6.21. The van der Waals surface area contributed by atoms with Gasteiger partial charge in [-0.1, -0.05) is 19.1 Å². The fourth-order valence-electron chi connectivity index (χ4n) is 3.40. The largest absolute Gasteiger partial charge is 0.367 e. The molecule has 1 aromatic carbocycles. The van der Waals surface area contributed by atoms with Crippen molar-refractivity contribution in [3.05, 3.63) is 53.6 Å². The van der Waals surface area contributed by atoms with Gasteiger partial charge in [-0.15, -0.1) is 0 Å². The molecule has 0 radical (unpaired) electrons. The number of benzene rings is 1. The minimum atomic E-state index is -0.566. The molecular formula is C19H24FN3O2. The zero-order valence-corrected chi connectivity index (χ0v) is 14.9. The first-order chi connectivity index (χ1) is 11.9. The lowest BCUT2D eigenvalue weighted by atomic mass is 9.92. The summed E-state index contributed by atoms with van der Waals surface area (Å²) in [6.45, 7) is 5.49. The SMILES string of the molecule is CC[C@@H](C(=O)N1CCO[C@@](C)(c2cnn(C)c2)C1)c1ccc(F)cc1. The molecule has 1 aliphatic heterocycles. The van der Waals surface area contributed by atoms with E-state index in [1.807, 2.05) is 32.0 Å². The van der Waals surface area contributed by atoms with Gasteiger partial charge in [-0.2, -0.15) is 5.10 Å². The highest BCUT2D eigenvalue weighted by Crippen LogP contribution is 2.31. The highest BCUT2D eigenvalue weighted by molar-refractivity contribution is 5.84. The maximum absolute atomic E-state index is 13.2. The van der Waals surface area contributed by atoms with E-state index in [9.17, 15) is 9.18 Å². The summed E-state index contributed by atoms with van der Waals surface area (Å²) in [5.41, 5.74) is 1.24. The van der Waals surface area contributed by atoms with Crippen molar-refractivity contribution in [3.8, 4) is 0 Å². The van der Waals surface area contributed by atoms with Gasteiger partial charge in [0, 0.05) is 25.4 Å². The summed E-state index contributed by atoms with van der Waals surface area (Å²) in [4.78, 5) is 14.9. The number of aryl methyl sites for hydroxylation is 1. The van der Waals surface area contributed by atoms with Crippen LogP contribution in [0.25, 0.3) is 0 Å². The van der Waals surface area contributed by atoms with E-state index in [0.717, 1.165) is 11.1 Å². The Bertz CT molecular complexity index is 743. The van der Waals surface area contributed by atoms with E-state index in [1.165, 1.54) is 12.1 Å².